The fraction of sp³-hybridized carbons (Fsp3) is 0.0714. The van der Waals surface area contributed by atoms with Crippen LogP contribution in [0.1, 0.15) is 11.1 Å². The molecule has 2 aromatic carbocycles. The summed E-state index contributed by atoms with van der Waals surface area (Å²) in [5.41, 5.74) is 1.41. The molecule has 0 heterocycles. The van der Waals surface area contributed by atoms with Gasteiger partial charge in [-0.05, 0) is 52.8 Å². The van der Waals surface area contributed by atoms with Crippen LogP contribution in [0.3, 0.4) is 0 Å². The van der Waals surface area contributed by atoms with Crippen molar-refractivity contribution in [3.63, 3.8) is 0 Å². The summed E-state index contributed by atoms with van der Waals surface area (Å²) in [5.74, 6) is -1.27. The predicted octanol–water partition coefficient (Wildman–Crippen LogP) is 4.00. The van der Waals surface area contributed by atoms with Crippen LogP contribution >= 0.6 is 22.6 Å². The molecule has 0 unspecified atom stereocenters. The van der Waals surface area contributed by atoms with Gasteiger partial charge < -0.3 is 9.94 Å². The lowest BCUT2D eigenvalue weighted by atomic mass is 10.1. The van der Waals surface area contributed by atoms with E-state index in [1.165, 1.54) is 6.21 Å². The van der Waals surface area contributed by atoms with Crippen LogP contribution in [0, 0.1) is 22.1 Å². The molecular weight excluding hydrogens is 379 g/mol. The number of aromatic hydroxyl groups is 1. The van der Waals surface area contributed by atoms with Crippen molar-refractivity contribution in [3.8, 4) is 11.5 Å². The Morgan fingerprint density at radius 2 is 1.80 bits per heavy atom. The summed E-state index contributed by atoms with van der Waals surface area (Å²) in [6.07, 6.45) is 1.40. The Hall–Kier alpha value is -1.70. The molecule has 0 aliphatic carbocycles. The molecule has 2 rings (SSSR count). The number of aryl methyl sites for hydroxylation is 1. The molecule has 0 aliphatic rings. The van der Waals surface area contributed by atoms with Crippen molar-refractivity contribution in [2.24, 2.45) is 5.16 Å². The highest BCUT2D eigenvalue weighted by Gasteiger charge is 2.04. The van der Waals surface area contributed by atoms with E-state index in [1.807, 2.05) is 22.6 Å². The Morgan fingerprint density at radius 1 is 1.15 bits per heavy atom. The molecule has 20 heavy (non-hydrogen) atoms. The lowest BCUT2D eigenvalue weighted by Crippen LogP contribution is -1.91. The maximum atomic E-state index is 12.9. The van der Waals surface area contributed by atoms with Gasteiger partial charge in [0, 0.05) is 18.2 Å². The van der Waals surface area contributed by atoms with Gasteiger partial charge in [-0.25, -0.2) is 8.78 Å². The average Bonchev–Trinajstić information content (AvgIpc) is 2.34. The zero-order valence-corrected chi connectivity index (χ0v) is 12.6. The highest BCUT2D eigenvalue weighted by Crippen LogP contribution is 2.24. The molecular formula is C14H10F2INO2. The van der Waals surface area contributed by atoms with Gasteiger partial charge in [-0.15, -0.1) is 0 Å². The first-order valence-corrected chi connectivity index (χ1v) is 6.69. The molecule has 0 saturated heterocycles. The predicted molar refractivity (Wildman–Crippen MR) is 80.1 cm³/mol. The molecule has 0 amide bonds. The zero-order chi connectivity index (χ0) is 14.7. The van der Waals surface area contributed by atoms with Gasteiger partial charge in [-0.3, -0.25) is 0 Å². The molecule has 0 atom stereocenters. The normalized spacial score (nSPS) is 11.0. The molecule has 104 valence electrons. The molecule has 2 aromatic rings. The molecule has 0 aromatic heterocycles. The second-order valence-corrected chi connectivity index (χ2v) is 5.26. The second-order valence-electron chi connectivity index (χ2n) is 4.10. The highest BCUT2D eigenvalue weighted by molar-refractivity contribution is 14.1. The van der Waals surface area contributed by atoms with Gasteiger partial charge in [0.05, 0.1) is 9.78 Å². The average molecular weight is 389 g/mol. The fourth-order valence-corrected chi connectivity index (χ4v) is 2.35. The summed E-state index contributed by atoms with van der Waals surface area (Å²) in [4.78, 5) is 4.91. The quantitative estimate of drug-likeness (QED) is 0.490. The van der Waals surface area contributed by atoms with Crippen molar-refractivity contribution in [2.45, 2.75) is 6.92 Å². The van der Waals surface area contributed by atoms with Crippen molar-refractivity contribution in [1.82, 2.24) is 0 Å². The van der Waals surface area contributed by atoms with Crippen molar-refractivity contribution < 1.29 is 18.7 Å². The number of hydrogen-bond donors (Lipinski definition) is 1. The van der Waals surface area contributed by atoms with E-state index in [2.05, 4.69) is 5.16 Å². The summed E-state index contributed by atoms with van der Waals surface area (Å²) in [6, 6.07) is 6.25. The number of hydrogen-bond acceptors (Lipinski definition) is 3. The van der Waals surface area contributed by atoms with E-state index in [0.29, 0.717) is 14.7 Å². The minimum Gasteiger partial charge on any atom is -0.507 e. The summed E-state index contributed by atoms with van der Waals surface area (Å²) < 4.78 is 26.5. The summed E-state index contributed by atoms with van der Waals surface area (Å²) in [7, 11) is 0. The standard InChI is InChI=1S/C14H10F2INO2/c1-8-2-9(3-13(17)14(8)19)7-18-20-12-5-10(15)4-11(16)6-12/h2-7,19H,1H3. The Bertz CT molecular complexity index is 631. The highest BCUT2D eigenvalue weighted by atomic mass is 127. The van der Waals surface area contributed by atoms with Gasteiger partial charge in [-0.2, -0.15) is 0 Å². The molecule has 0 bridgehead atoms. The SMILES string of the molecule is Cc1cc(C=NOc2cc(F)cc(F)c2)cc(I)c1O. The minimum absolute atomic E-state index is 0.0241. The van der Waals surface area contributed by atoms with Gasteiger partial charge in [0.1, 0.15) is 17.4 Å². The Kier molecular flexibility index (Phi) is 4.53. The first-order chi connectivity index (χ1) is 9.45. The van der Waals surface area contributed by atoms with E-state index in [0.717, 1.165) is 18.2 Å². The van der Waals surface area contributed by atoms with E-state index in [-0.39, 0.29) is 11.5 Å². The van der Waals surface area contributed by atoms with E-state index < -0.39 is 11.6 Å². The number of benzene rings is 2. The Balaban J connectivity index is 2.14. The van der Waals surface area contributed by atoms with Crippen LogP contribution < -0.4 is 4.84 Å². The van der Waals surface area contributed by atoms with Gasteiger partial charge in [-0.1, -0.05) is 5.16 Å². The summed E-state index contributed by atoms with van der Waals surface area (Å²) in [5, 5.41) is 13.3. The van der Waals surface area contributed by atoms with Crippen molar-refractivity contribution in [2.75, 3.05) is 0 Å². The fourth-order valence-electron chi connectivity index (χ4n) is 1.57. The number of rotatable bonds is 3. The number of halogens is 3. The topological polar surface area (TPSA) is 41.8 Å². The van der Waals surface area contributed by atoms with Gasteiger partial charge in [0.2, 0.25) is 0 Å². The third-order valence-corrected chi connectivity index (χ3v) is 3.29. The minimum atomic E-state index is -0.731. The van der Waals surface area contributed by atoms with Crippen LogP contribution in [-0.2, 0) is 0 Å². The van der Waals surface area contributed by atoms with E-state index in [4.69, 9.17) is 4.84 Å². The zero-order valence-electron chi connectivity index (χ0n) is 10.4. The second kappa shape index (κ2) is 6.17. The number of nitrogens with zero attached hydrogens (tertiary/aromatic N) is 1. The lowest BCUT2D eigenvalue weighted by Gasteiger charge is -2.03. The molecule has 0 aliphatic heterocycles. The van der Waals surface area contributed by atoms with Crippen molar-refractivity contribution >= 4 is 28.8 Å². The first kappa shape index (κ1) is 14.7. The van der Waals surface area contributed by atoms with Crippen LogP contribution in [-0.4, -0.2) is 11.3 Å². The van der Waals surface area contributed by atoms with Gasteiger partial charge in [0.25, 0.3) is 0 Å². The smallest absolute Gasteiger partial charge is 0.163 e. The van der Waals surface area contributed by atoms with Gasteiger partial charge >= 0.3 is 0 Å². The van der Waals surface area contributed by atoms with Crippen LogP contribution in [0.2, 0.25) is 0 Å². The third-order valence-electron chi connectivity index (χ3n) is 2.47. The molecule has 6 heteroatoms. The van der Waals surface area contributed by atoms with Crippen LogP contribution in [0.5, 0.6) is 11.5 Å². The maximum Gasteiger partial charge on any atom is 0.163 e. The lowest BCUT2D eigenvalue weighted by molar-refractivity contribution is 0.339. The molecule has 0 spiro atoms. The summed E-state index contributed by atoms with van der Waals surface area (Å²) in [6.45, 7) is 1.76. The van der Waals surface area contributed by atoms with E-state index in [9.17, 15) is 13.9 Å². The Labute approximate surface area is 128 Å². The van der Waals surface area contributed by atoms with Crippen molar-refractivity contribution in [3.05, 3.63) is 56.7 Å². The molecule has 0 saturated carbocycles. The maximum absolute atomic E-state index is 12.9. The van der Waals surface area contributed by atoms with Crippen molar-refractivity contribution in [1.29, 1.82) is 0 Å². The molecule has 1 N–H and O–H groups in total. The molecule has 0 radical (unpaired) electrons. The number of oxime groups is 1. The van der Waals surface area contributed by atoms with E-state index in [1.54, 1.807) is 19.1 Å². The largest absolute Gasteiger partial charge is 0.507 e. The van der Waals surface area contributed by atoms with Crippen LogP contribution in [0.25, 0.3) is 0 Å². The molecule has 3 nitrogen and oxygen atoms in total. The van der Waals surface area contributed by atoms with E-state index >= 15 is 0 Å². The summed E-state index contributed by atoms with van der Waals surface area (Å²) >= 11 is 2.00. The first-order valence-electron chi connectivity index (χ1n) is 5.61. The van der Waals surface area contributed by atoms with Crippen LogP contribution in [0.4, 0.5) is 8.78 Å². The van der Waals surface area contributed by atoms with Gasteiger partial charge in [0.15, 0.2) is 5.75 Å². The third kappa shape index (κ3) is 3.66. The number of phenolic OH excluding ortho intramolecular Hbond substituents is 1. The molecule has 0 fully saturated rings. The Morgan fingerprint density at radius 3 is 2.40 bits per heavy atom. The number of phenols is 1. The van der Waals surface area contributed by atoms with Crippen LogP contribution in [0.15, 0.2) is 35.5 Å². The monoisotopic (exact) mass is 389 g/mol.